The molecular weight excluding hydrogens is 279 g/mol. The van der Waals surface area contributed by atoms with E-state index in [1.54, 1.807) is 20.1 Å². The van der Waals surface area contributed by atoms with E-state index in [1.807, 2.05) is 0 Å². The minimum absolute atomic E-state index is 0.0506. The van der Waals surface area contributed by atoms with Gasteiger partial charge in [-0.05, 0) is 24.6 Å². The molecule has 0 radical (unpaired) electrons. The van der Waals surface area contributed by atoms with Crippen molar-refractivity contribution in [2.45, 2.75) is 13.3 Å². The molecule has 0 spiro atoms. The molecule has 6 heteroatoms. The van der Waals surface area contributed by atoms with Gasteiger partial charge in [0.1, 0.15) is 5.82 Å². The Morgan fingerprint density at radius 1 is 1.45 bits per heavy atom. The lowest BCUT2D eigenvalue weighted by Crippen LogP contribution is -2.36. The normalized spacial score (nSPS) is 10.3. The van der Waals surface area contributed by atoms with E-state index in [0.29, 0.717) is 31.1 Å². The van der Waals surface area contributed by atoms with Gasteiger partial charge in [-0.3, -0.25) is 4.79 Å². The first-order chi connectivity index (χ1) is 9.45. The zero-order valence-electron chi connectivity index (χ0n) is 11.7. The van der Waals surface area contributed by atoms with Crippen molar-refractivity contribution in [3.8, 4) is 0 Å². The molecule has 0 heterocycles. The monoisotopic (exact) mass is 298 g/mol. The second-order valence-corrected chi connectivity index (χ2v) is 5.01. The van der Waals surface area contributed by atoms with E-state index >= 15 is 0 Å². The molecule has 2 N–H and O–H groups in total. The van der Waals surface area contributed by atoms with Crippen molar-refractivity contribution >= 4 is 23.1 Å². The van der Waals surface area contributed by atoms with Gasteiger partial charge in [-0.2, -0.15) is 0 Å². The summed E-state index contributed by atoms with van der Waals surface area (Å²) in [5, 5.41) is 0. The molecule has 1 aromatic carbocycles. The number of nitrogens with zero attached hydrogens (tertiary/aromatic N) is 1. The van der Waals surface area contributed by atoms with E-state index in [2.05, 4.69) is 0 Å². The summed E-state index contributed by atoms with van der Waals surface area (Å²) >= 11 is 4.81. The number of carbonyl (C=O) groups is 1. The Hall–Kier alpha value is -1.53. The van der Waals surface area contributed by atoms with E-state index in [9.17, 15) is 9.18 Å². The first-order valence-corrected chi connectivity index (χ1v) is 6.69. The third kappa shape index (κ3) is 4.86. The highest BCUT2D eigenvalue weighted by molar-refractivity contribution is 7.80. The van der Waals surface area contributed by atoms with Gasteiger partial charge in [-0.15, -0.1) is 0 Å². The van der Waals surface area contributed by atoms with Crippen LogP contribution in [-0.2, 0) is 4.74 Å². The number of ether oxygens (including phenoxy) is 1. The number of nitrogens with two attached hydrogens (primary N) is 1. The minimum atomic E-state index is -0.521. The van der Waals surface area contributed by atoms with Gasteiger partial charge < -0.3 is 15.4 Å². The van der Waals surface area contributed by atoms with E-state index in [4.69, 9.17) is 22.7 Å². The molecule has 1 rings (SSSR count). The standard InChI is InChI=1S/C14H19FN2O2S/c1-10-3-4-11(12(15)9-10)14(18)17(7-8-19-2)6-5-13(16)20/h3-4,9H,5-8H2,1-2H3,(H2,16,20). The predicted octanol–water partition coefficient (Wildman–Crippen LogP) is 1.90. The van der Waals surface area contributed by atoms with Crippen LogP contribution in [0.1, 0.15) is 22.3 Å². The number of hydrogen-bond acceptors (Lipinski definition) is 3. The van der Waals surface area contributed by atoms with Crippen LogP contribution in [0, 0.1) is 12.7 Å². The molecule has 0 bridgehead atoms. The van der Waals surface area contributed by atoms with E-state index in [0.717, 1.165) is 5.56 Å². The highest BCUT2D eigenvalue weighted by Crippen LogP contribution is 2.13. The maximum absolute atomic E-state index is 13.9. The first kappa shape index (κ1) is 16.5. The average Bonchev–Trinajstić information content (AvgIpc) is 2.38. The summed E-state index contributed by atoms with van der Waals surface area (Å²) in [7, 11) is 1.54. The number of halogens is 1. The quantitative estimate of drug-likeness (QED) is 0.781. The molecule has 0 aromatic heterocycles. The SMILES string of the molecule is COCCN(CCC(N)=S)C(=O)c1ccc(C)cc1F. The number of methoxy groups -OCH3 is 1. The van der Waals surface area contributed by atoms with Crippen molar-refractivity contribution in [1.82, 2.24) is 4.90 Å². The zero-order chi connectivity index (χ0) is 15.1. The van der Waals surface area contributed by atoms with E-state index in [-0.39, 0.29) is 11.5 Å². The molecule has 0 aliphatic rings. The molecule has 0 aliphatic carbocycles. The average molecular weight is 298 g/mol. The van der Waals surface area contributed by atoms with Crippen molar-refractivity contribution in [1.29, 1.82) is 0 Å². The molecule has 0 unspecified atom stereocenters. The highest BCUT2D eigenvalue weighted by Gasteiger charge is 2.19. The lowest BCUT2D eigenvalue weighted by atomic mass is 10.1. The summed E-state index contributed by atoms with van der Waals surface area (Å²) in [6, 6.07) is 4.54. The van der Waals surface area contributed by atoms with Gasteiger partial charge in [0.2, 0.25) is 0 Å². The maximum Gasteiger partial charge on any atom is 0.256 e. The number of amides is 1. The molecule has 20 heavy (non-hydrogen) atoms. The number of thiocarbonyl (C=S) groups is 1. The van der Waals surface area contributed by atoms with Crippen molar-refractivity contribution in [2.24, 2.45) is 5.73 Å². The Kier molecular flexibility index (Phi) is 6.54. The largest absolute Gasteiger partial charge is 0.393 e. The Bertz CT molecular complexity index is 494. The smallest absolute Gasteiger partial charge is 0.256 e. The van der Waals surface area contributed by atoms with Crippen LogP contribution >= 0.6 is 12.2 Å². The molecule has 0 atom stereocenters. The van der Waals surface area contributed by atoms with Crippen LogP contribution in [-0.4, -0.2) is 42.6 Å². The van der Waals surface area contributed by atoms with Crippen molar-refractivity contribution < 1.29 is 13.9 Å². The number of carbonyl (C=O) groups excluding carboxylic acids is 1. The van der Waals surface area contributed by atoms with Gasteiger partial charge in [-0.25, -0.2) is 4.39 Å². The summed E-state index contributed by atoms with van der Waals surface area (Å²) < 4.78 is 18.8. The van der Waals surface area contributed by atoms with Crippen LogP contribution in [0.3, 0.4) is 0 Å². The van der Waals surface area contributed by atoms with Gasteiger partial charge in [0.05, 0.1) is 17.2 Å². The van der Waals surface area contributed by atoms with Crippen molar-refractivity contribution in [2.75, 3.05) is 26.8 Å². The fourth-order valence-corrected chi connectivity index (χ4v) is 1.82. The molecule has 0 saturated heterocycles. The highest BCUT2D eigenvalue weighted by atomic mass is 32.1. The maximum atomic E-state index is 13.9. The first-order valence-electron chi connectivity index (χ1n) is 6.28. The molecule has 0 saturated carbocycles. The summed E-state index contributed by atoms with van der Waals surface area (Å²) in [4.78, 5) is 14.2. The Labute approximate surface area is 123 Å². The molecular formula is C14H19FN2O2S. The second-order valence-electron chi connectivity index (χ2n) is 4.48. The molecule has 110 valence electrons. The van der Waals surface area contributed by atoms with Crippen molar-refractivity contribution in [3.63, 3.8) is 0 Å². The number of hydrogen-bond donors (Lipinski definition) is 1. The molecule has 1 amide bonds. The summed E-state index contributed by atoms with van der Waals surface area (Å²) in [6.45, 7) is 2.86. The third-order valence-corrected chi connectivity index (χ3v) is 3.04. The van der Waals surface area contributed by atoms with Crippen LogP contribution in [0.5, 0.6) is 0 Å². The van der Waals surface area contributed by atoms with Crippen LogP contribution in [0.15, 0.2) is 18.2 Å². The van der Waals surface area contributed by atoms with E-state index < -0.39 is 5.82 Å². The molecule has 0 fully saturated rings. The Balaban J connectivity index is 2.87. The van der Waals surface area contributed by atoms with Crippen LogP contribution in [0.4, 0.5) is 4.39 Å². The third-order valence-electron chi connectivity index (χ3n) is 2.84. The number of benzene rings is 1. The topological polar surface area (TPSA) is 55.6 Å². The van der Waals surface area contributed by atoms with Gasteiger partial charge in [0, 0.05) is 26.6 Å². The Morgan fingerprint density at radius 2 is 2.15 bits per heavy atom. The van der Waals surface area contributed by atoms with Crippen LogP contribution in [0.2, 0.25) is 0 Å². The minimum Gasteiger partial charge on any atom is -0.393 e. The van der Waals surface area contributed by atoms with Gasteiger partial charge in [0.25, 0.3) is 5.91 Å². The summed E-state index contributed by atoms with van der Waals surface area (Å²) in [5.74, 6) is -0.899. The molecule has 1 aromatic rings. The molecule has 4 nitrogen and oxygen atoms in total. The number of rotatable bonds is 7. The fraction of sp³-hybridized carbons (Fsp3) is 0.429. The van der Waals surface area contributed by atoms with Crippen LogP contribution < -0.4 is 5.73 Å². The van der Waals surface area contributed by atoms with Gasteiger partial charge in [0.15, 0.2) is 0 Å². The van der Waals surface area contributed by atoms with Gasteiger partial charge >= 0.3 is 0 Å². The fourth-order valence-electron chi connectivity index (χ4n) is 1.73. The number of aryl methyl sites for hydroxylation is 1. The lowest BCUT2D eigenvalue weighted by molar-refractivity contribution is 0.0696. The zero-order valence-corrected chi connectivity index (χ0v) is 12.5. The lowest BCUT2D eigenvalue weighted by Gasteiger charge is -2.22. The van der Waals surface area contributed by atoms with E-state index in [1.165, 1.54) is 17.0 Å². The Morgan fingerprint density at radius 3 is 2.70 bits per heavy atom. The van der Waals surface area contributed by atoms with Gasteiger partial charge in [-0.1, -0.05) is 18.3 Å². The van der Waals surface area contributed by atoms with Crippen LogP contribution in [0.25, 0.3) is 0 Å². The summed E-state index contributed by atoms with van der Waals surface area (Å²) in [6.07, 6.45) is 0.401. The second kappa shape index (κ2) is 7.91. The predicted molar refractivity (Wildman–Crippen MR) is 80.3 cm³/mol. The van der Waals surface area contributed by atoms with Crippen molar-refractivity contribution in [3.05, 3.63) is 35.1 Å². The summed E-state index contributed by atoms with van der Waals surface area (Å²) in [5.41, 5.74) is 6.27. The molecule has 0 aliphatic heterocycles.